The van der Waals surface area contributed by atoms with Gasteiger partial charge in [0.25, 0.3) is 5.91 Å². The minimum absolute atomic E-state index is 0.151. The first-order chi connectivity index (χ1) is 8.16. The second kappa shape index (κ2) is 7.10. The molecule has 0 spiro atoms. The molecule has 0 N–H and O–H groups in total. The van der Waals surface area contributed by atoms with Gasteiger partial charge in [0.1, 0.15) is 0 Å². The van der Waals surface area contributed by atoms with Crippen molar-refractivity contribution < 1.29 is 4.79 Å². The molecule has 0 fully saturated rings. The summed E-state index contributed by atoms with van der Waals surface area (Å²) < 4.78 is 0. The highest BCUT2D eigenvalue weighted by atomic mass is 16.2. The lowest BCUT2D eigenvalue weighted by atomic mass is 10.1. The standard InChI is InChI=1S/C15H23NO/c1-4-5-9-12-16(3)15(17)14-11-8-6-7-10-13(14)2/h6-8,11H,4-5,9-10,12H2,1-3H3. The Morgan fingerprint density at radius 3 is 2.82 bits per heavy atom. The van der Waals surface area contributed by atoms with E-state index < -0.39 is 0 Å². The van der Waals surface area contributed by atoms with Crippen LogP contribution in [0.5, 0.6) is 0 Å². The van der Waals surface area contributed by atoms with Crippen molar-refractivity contribution in [2.75, 3.05) is 13.6 Å². The fourth-order valence-electron chi connectivity index (χ4n) is 1.89. The molecule has 0 unspecified atom stereocenters. The van der Waals surface area contributed by atoms with Crippen LogP contribution in [0, 0.1) is 0 Å². The lowest BCUT2D eigenvalue weighted by Crippen LogP contribution is -2.29. The largest absolute Gasteiger partial charge is 0.342 e. The fourth-order valence-corrected chi connectivity index (χ4v) is 1.89. The highest BCUT2D eigenvalue weighted by Crippen LogP contribution is 2.16. The van der Waals surface area contributed by atoms with E-state index in [9.17, 15) is 4.79 Å². The molecule has 2 nitrogen and oxygen atoms in total. The van der Waals surface area contributed by atoms with Crippen LogP contribution in [0.3, 0.4) is 0 Å². The molecule has 1 rings (SSSR count). The van der Waals surface area contributed by atoms with Crippen LogP contribution in [0.25, 0.3) is 0 Å². The number of hydrogen-bond donors (Lipinski definition) is 0. The van der Waals surface area contributed by atoms with Gasteiger partial charge in [-0.2, -0.15) is 0 Å². The van der Waals surface area contributed by atoms with Crippen LogP contribution in [0.2, 0.25) is 0 Å². The van der Waals surface area contributed by atoms with E-state index in [0.29, 0.717) is 0 Å². The van der Waals surface area contributed by atoms with Gasteiger partial charge in [-0.05, 0) is 25.8 Å². The molecular formula is C15H23NO. The number of nitrogens with zero attached hydrogens (tertiary/aromatic N) is 1. The molecule has 17 heavy (non-hydrogen) atoms. The van der Waals surface area contributed by atoms with E-state index >= 15 is 0 Å². The quantitative estimate of drug-likeness (QED) is 0.666. The zero-order valence-electron chi connectivity index (χ0n) is 11.2. The smallest absolute Gasteiger partial charge is 0.253 e. The predicted octanol–water partition coefficient (Wildman–Crippen LogP) is 3.47. The van der Waals surface area contributed by atoms with Crippen LogP contribution in [0.4, 0.5) is 0 Å². The zero-order chi connectivity index (χ0) is 12.7. The number of hydrogen-bond acceptors (Lipinski definition) is 1. The van der Waals surface area contributed by atoms with E-state index in [2.05, 4.69) is 13.0 Å². The molecule has 0 aromatic rings. The van der Waals surface area contributed by atoms with E-state index in [1.54, 1.807) is 0 Å². The van der Waals surface area contributed by atoms with Crippen molar-refractivity contribution in [1.29, 1.82) is 0 Å². The Morgan fingerprint density at radius 2 is 2.12 bits per heavy atom. The van der Waals surface area contributed by atoms with E-state index in [1.165, 1.54) is 12.8 Å². The Morgan fingerprint density at radius 1 is 1.35 bits per heavy atom. The van der Waals surface area contributed by atoms with Gasteiger partial charge in [-0.1, -0.05) is 43.6 Å². The molecule has 0 saturated carbocycles. The van der Waals surface area contributed by atoms with Crippen LogP contribution < -0.4 is 0 Å². The number of unbranched alkanes of at least 4 members (excludes halogenated alkanes) is 2. The Balaban J connectivity index is 2.62. The fraction of sp³-hybridized carbons (Fsp3) is 0.533. The van der Waals surface area contributed by atoms with Crippen molar-refractivity contribution in [1.82, 2.24) is 4.90 Å². The zero-order valence-corrected chi connectivity index (χ0v) is 11.2. The highest BCUT2D eigenvalue weighted by molar-refractivity contribution is 5.97. The molecule has 0 aromatic heterocycles. The van der Waals surface area contributed by atoms with Crippen LogP contribution in [-0.2, 0) is 4.79 Å². The number of rotatable bonds is 5. The van der Waals surface area contributed by atoms with E-state index in [-0.39, 0.29) is 5.91 Å². The molecule has 0 saturated heterocycles. The monoisotopic (exact) mass is 233 g/mol. The summed E-state index contributed by atoms with van der Waals surface area (Å²) >= 11 is 0. The van der Waals surface area contributed by atoms with E-state index in [0.717, 1.165) is 30.5 Å². The Hall–Kier alpha value is -1.31. The first-order valence-electron chi connectivity index (χ1n) is 6.45. The van der Waals surface area contributed by atoms with Crippen LogP contribution in [0.15, 0.2) is 35.5 Å². The average molecular weight is 233 g/mol. The average Bonchev–Trinajstić information content (AvgIpc) is 2.53. The topological polar surface area (TPSA) is 20.3 Å². The van der Waals surface area contributed by atoms with Crippen molar-refractivity contribution in [3.8, 4) is 0 Å². The predicted molar refractivity (Wildman–Crippen MR) is 72.8 cm³/mol. The number of carbonyl (C=O) groups excluding carboxylic acids is 1. The number of amides is 1. The summed E-state index contributed by atoms with van der Waals surface area (Å²) in [6, 6.07) is 0. The van der Waals surface area contributed by atoms with Gasteiger partial charge in [0.15, 0.2) is 0 Å². The Labute approximate surface area is 105 Å². The van der Waals surface area contributed by atoms with E-state index in [1.807, 2.05) is 37.1 Å². The van der Waals surface area contributed by atoms with Crippen LogP contribution in [-0.4, -0.2) is 24.4 Å². The second-order valence-corrected chi connectivity index (χ2v) is 4.62. The normalized spacial score (nSPS) is 15.0. The third-order valence-electron chi connectivity index (χ3n) is 3.07. The minimum atomic E-state index is 0.151. The van der Waals surface area contributed by atoms with Gasteiger partial charge >= 0.3 is 0 Å². The summed E-state index contributed by atoms with van der Waals surface area (Å²) in [6.45, 7) is 5.06. The van der Waals surface area contributed by atoms with Gasteiger partial charge in [-0.3, -0.25) is 4.79 Å². The molecule has 0 radical (unpaired) electrons. The second-order valence-electron chi connectivity index (χ2n) is 4.62. The molecule has 2 heteroatoms. The van der Waals surface area contributed by atoms with Crippen LogP contribution >= 0.6 is 0 Å². The molecule has 0 aromatic carbocycles. The number of likely N-dealkylation sites (N-methyl/N-ethyl adjacent to an activating group) is 1. The molecule has 0 heterocycles. The molecule has 94 valence electrons. The first-order valence-corrected chi connectivity index (χ1v) is 6.45. The summed E-state index contributed by atoms with van der Waals surface area (Å²) in [5.41, 5.74) is 2.01. The Bertz CT molecular complexity index is 350. The van der Waals surface area contributed by atoms with Gasteiger partial charge in [-0.15, -0.1) is 0 Å². The summed E-state index contributed by atoms with van der Waals surface area (Å²) in [4.78, 5) is 14.1. The van der Waals surface area contributed by atoms with Gasteiger partial charge in [0, 0.05) is 19.2 Å². The third-order valence-corrected chi connectivity index (χ3v) is 3.07. The molecule has 1 amide bonds. The third kappa shape index (κ3) is 4.22. The van der Waals surface area contributed by atoms with E-state index in [4.69, 9.17) is 0 Å². The molecule has 0 aliphatic heterocycles. The van der Waals surface area contributed by atoms with Gasteiger partial charge < -0.3 is 4.90 Å². The maximum atomic E-state index is 12.2. The lowest BCUT2D eigenvalue weighted by Gasteiger charge is -2.18. The molecular weight excluding hydrogens is 210 g/mol. The van der Waals surface area contributed by atoms with Crippen molar-refractivity contribution >= 4 is 5.91 Å². The minimum Gasteiger partial charge on any atom is -0.342 e. The highest BCUT2D eigenvalue weighted by Gasteiger charge is 2.14. The van der Waals surface area contributed by atoms with Crippen molar-refractivity contribution in [3.63, 3.8) is 0 Å². The van der Waals surface area contributed by atoms with Crippen LogP contribution in [0.1, 0.15) is 39.5 Å². The van der Waals surface area contributed by atoms with Gasteiger partial charge in [-0.25, -0.2) is 0 Å². The summed E-state index contributed by atoms with van der Waals surface area (Å²) in [5, 5.41) is 0. The summed E-state index contributed by atoms with van der Waals surface area (Å²) in [7, 11) is 1.89. The van der Waals surface area contributed by atoms with Crippen molar-refractivity contribution in [3.05, 3.63) is 35.5 Å². The van der Waals surface area contributed by atoms with Crippen molar-refractivity contribution in [2.45, 2.75) is 39.5 Å². The van der Waals surface area contributed by atoms with Gasteiger partial charge in [0.05, 0.1) is 0 Å². The molecule has 1 aliphatic rings. The summed E-state index contributed by atoms with van der Waals surface area (Å²) in [5.74, 6) is 0.151. The Kier molecular flexibility index (Phi) is 5.75. The first kappa shape index (κ1) is 13.8. The molecule has 0 atom stereocenters. The SMILES string of the molecule is CCCCCN(C)C(=O)C1=C(C)CC=CC=C1. The lowest BCUT2D eigenvalue weighted by molar-refractivity contribution is -0.125. The molecule has 0 bridgehead atoms. The number of allylic oxidation sites excluding steroid dienone is 4. The van der Waals surface area contributed by atoms with Gasteiger partial charge in [0.2, 0.25) is 0 Å². The number of carbonyl (C=O) groups is 1. The maximum Gasteiger partial charge on any atom is 0.253 e. The van der Waals surface area contributed by atoms with Crippen molar-refractivity contribution in [2.24, 2.45) is 0 Å². The maximum absolute atomic E-state index is 12.2. The molecule has 1 aliphatic carbocycles. The summed E-state index contributed by atoms with van der Waals surface area (Å²) in [6.07, 6.45) is 12.3.